The third-order valence-corrected chi connectivity index (χ3v) is 4.66. The Hall–Kier alpha value is -1.64. The van der Waals surface area contributed by atoms with Gasteiger partial charge in [0.2, 0.25) is 0 Å². The van der Waals surface area contributed by atoms with E-state index < -0.39 is 0 Å². The van der Waals surface area contributed by atoms with E-state index in [0.717, 1.165) is 30.6 Å². The molecule has 0 fully saturated rings. The molecule has 3 rings (SSSR count). The smallest absolute Gasteiger partial charge is 0.0991 e. The molecule has 0 radical (unpaired) electrons. The fourth-order valence-corrected chi connectivity index (χ4v) is 2.75. The topological polar surface area (TPSA) is 36.7 Å². The first-order valence-corrected chi connectivity index (χ1v) is 7.39. The minimum Gasteiger partial charge on any atom is -0.254 e. The number of fused-ring (bicyclic) bond motifs is 1. The van der Waals surface area contributed by atoms with Crippen molar-refractivity contribution in [1.29, 1.82) is 5.26 Å². The maximum Gasteiger partial charge on any atom is 0.0991 e. The van der Waals surface area contributed by atoms with Crippen LogP contribution in [-0.2, 0) is 0 Å². The quantitative estimate of drug-likeness (QED) is 0.546. The van der Waals surface area contributed by atoms with Gasteiger partial charge in [-0.3, -0.25) is 4.98 Å². The number of pyridine rings is 1. The van der Waals surface area contributed by atoms with Crippen LogP contribution >= 0.6 is 34.2 Å². The van der Waals surface area contributed by atoms with Gasteiger partial charge in [-0.05, 0) is 40.3 Å². The number of aromatic nitrogens is 1. The second-order valence-corrected chi connectivity index (χ2v) is 5.85. The predicted octanol–water partition coefficient (Wildman–Crippen LogP) is 5.03. The van der Waals surface area contributed by atoms with Crippen LogP contribution in [0.1, 0.15) is 5.56 Å². The maximum atomic E-state index is 8.86. The summed E-state index contributed by atoms with van der Waals surface area (Å²) in [5.41, 5.74) is 3.57. The van der Waals surface area contributed by atoms with Gasteiger partial charge in [0.05, 0.1) is 25.7 Å². The molecule has 0 saturated carbocycles. The first-order valence-electron chi connectivity index (χ1n) is 5.94. The SMILES string of the molecule is N#Cc1ccc(-c2cccc3c(Cl)c(I)cnc23)cc1. The van der Waals surface area contributed by atoms with Crippen LogP contribution in [0.15, 0.2) is 48.7 Å². The largest absolute Gasteiger partial charge is 0.254 e. The molecule has 0 aliphatic rings. The molecule has 2 aromatic carbocycles. The maximum absolute atomic E-state index is 8.86. The summed E-state index contributed by atoms with van der Waals surface area (Å²) in [6.07, 6.45) is 1.78. The number of halogens is 2. The lowest BCUT2D eigenvalue weighted by Crippen LogP contribution is -1.88. The molecule has 0 bridgehead atoms. The molecule has 0 saturated heterocycles. The molecule has 96 valence electrons. The lowest BCUT2D eigenvalue weighted by Gasteiger charge is -2.08. The molecular formula is C16H8ClIN2. The van der Waals surface area contributed by atoms with Gasteiger partial charge in [-0.1, -0.05) is 41.9 Å². The van der Waals surface area contributed by atoms with Crippen LogP contribution < -0.4 is 0 Å². The van der Waals surface area contributed by atoms with Crippen molar-refractivity contribution in [2.24, 2.45) is 0 Å². The van der Waals surface area contributed by atoms with Crippen molar-refractivity contribution in [2.75, 3.05) is 0 Å². The highest BCUT2D eigenvalue weighted by Gasteiger charge is 2.09. The van der Waals surface area contributed by atoms with Crippen LogP contribution in [0.25, 0.3) is 22.0 Å². The number of para-hydroxylation sites is 1. The Morgan fingerprint density at radius 1 is 1.10 bits per heavy atom. The van der Waals surface area contributed by atoms with E-state index in [9.17, 15) is 0 Å². The normalized spacial score (nSPS) is 10.4. The number of hydrogen-bond acceptors (Lipinski definition) is 2. The summed E-state index contributed by atoms with van der Waals surface area (Å²) in [6, 6.07) is 15.6. The van der Waals surface area contributed by atoms with Crippen molar-refractivity contribution >= 4 is 45.1 Å². The number of rotatable bonds is 1. The second kappa shape index (κ2) is 5.39. The Bertz CT molecular complexity index is 835. The molecule has 1 heterocycles. The van der Waals surface area contributed by atoms with E-state index in [1.165, 1.54) is 0 Å². The standard InChI is InChI=1S/C16H8ClIN2/c17-15-13-3-1-2-12(16(13)20-9-14(15)18)11-6-4-10(8-19)5-7-11/h1-7,9H. The van der Waals surface area contributed by atoms with Gasteiger partial charge in [-0.15, -0.1) is 0 Å². The number of benzene rings is 2. The Balaban J connectivity index is 2.26. The summed E-state index contributed by atoms with van der Waals surface area (Å²) in [7, 11) is 0. The molecule has 0 amide bonds. The van der Waals surface area contributed by atoms with Gasteiger partial charge in [0, 0.05) is 17.1 Å². The molecule has 0 spiro atoms. The van der Waals surface area contributed by atoms with E-state index in [-0.39, 0.29) is 0 Å². The zero-order valence-electron chi connectivity index (χ0n) is 10.3. The molecule has 3 aromatic rings. The Morgan fingerprint density at radius 3 is 2.55 bits per heavy atom. The van der Waals surface area contributed by atoms with Crippen molar-refractivity contribution in [3.05, 3.63) is 62.8 Å². The van der Waals surface area contributed by atoms with E-state index in [1.807, 2.05) is 42.5 Å². The first kappa shape index (κ1) is 13.3. The van der Waals surface area contributed by atoms with E-state index >= 15 is 0 Å². The average molecular weight is 391 g/mol. The van der Waals surface area contributed by atoms with Crippen LogP contribution in [0.5, 0.6) is 0 Å². The summed E-state index contributed by atoms with van der Waals surface area (Å²) < 4.78 is 0.939. The number of hydrogen-bond donors (Lipinski definition) is 0. The zero-order chi connectivity index (χ0) is 14.1. The van der Waals surface area contributed by atoms with Crippen molar-refractivity contribution in [1.82, 2.24) is 4.98 Å². The van der Waals surface area contributed by atoms with E-state index in [2.05, 4.69) is 33.6 Å². The van der Waals surface area contributed by atoms with E-state index in [0.29, 0.717) is 5.56 Å². The number of nitriles is 1. The van der Waals surface area contributed by atoms with Crippen LogP contribution in [0, 0.1) is 14.9 Å². The van der Waals surface area contributed by atoms with Crippen molar-refractivity contribution in [3.8, 4) is 17.2 Å². The fraction of sp³-hybridized carbons (Fsp3) is 0. The summed E-state index contributed by atoms with van der Waals surface area (Å²) in [5.74, 6) is 0. The minimum atomic E-state index is 0.648. The van der Waals surface area contributed by atoms with Crippen molar-refractivity contribution in [3.63, 3.8) is 0 Å². The number of nitrogens with zero attached hydrogens (tertiary/aromatic N) is 2. The highest BCUT2D eigenvalue weighted by atomic mass is 127. The average Bonchev–Trinajstić information content (AvgIpc) is 2.51. The molecule has 2 nitrogen and oxygen atoms in total. The van der Waals surface area contributed by atoms with Gasteiger partial charge in [0.25, 0.3) is 0 Å². The van der Waals surface area contributed by atoms with Crippen LogP contribution in [0.3, 0.4) is 0 Å². The summed E-state index contributed by atoms with van der Waals surface area (Å²) in [5, 5.41) is 10.5. The molecule has 4 heteroatoms. The van der Waals surface area contributed by atoms with Gasteiger partial charge < -0.3 is 0 Å². The molecule has 0 aliphatic carbocycles. The Labute approximate surface area is 135 Å². The van der Waals surface area contributed by atoms with Crippen molar-refractivity contribution < 1.29 is 0 Å². The zero-order valence-corrected chi connectivity index (χ0v) is 13.2. The van der Waals surface area contributed by atoms with Crippen LogP contribution in [-0.4, -0.2) is 4.98 Å². The highest BCUT2D eigenvalue weighted by Crippen LogP contribution is 2.33. The van der Waals surface area contributed by atoms with Crippen LogP contribution in [0.4, 0.5) is 0 Å². The molecule has 0 N–H and O–H groups in total. The molecule has 1 aromatic heterocycles. The second-order valence-electron chi connectivity index (χ2n) is 4.31. The Morgan fingerprint density at radius 2 is 1.85 bits per heavy atom. The highest BCUT2D eigenvalue weighted by molar-refractivity contribution is 14.1. The minimum absolute atomic E-state index is 0.648. The van der Waals surface area contributed by atoms with Gasteiger partial charge in [0.1, 0.15) is 0 Å². The van der Waals surface area contributed by atoms with Crippen LogP contribution in [0.2, 0.25) is 5.02 Å². The molecule has 0 atom stereocenters. The molecule has 0 unspecified atom stereocenters. The lowest BCUT2D eigenvalue weighted by atomic mass is 10.0. The first-order chi connectivity index (χ1) is 9.70. The summed E-state index contributed by atoms with van der Waals surface area (Å²) in [4.78, 5) is 4.50. The van der Waals surface area contributed by atoms with E-state index in [1.54, 1.807) is 6.20 Å². The third kappa shape index (κ3) is 2.26. The predicted molar refractivity (Wildman–Crippen MR) is 89.6 cm³/mol. The lowest BCUT2D eigenvalue weighted by molar-refractivity contribution is 1.38. The fourth-order valence-electron chi connectivity index (χ4n) is 2.12. The molecule has 20 heavy (non-hydrogen) atoms. The Kier molecular flexibility index (Phi) is 3.60. The third-order valence-electron chi connectivity index (χ3n) is 3.11. The van der Waals surface area contributed by atoms with Gasteiger partial charge in [0.15, 0.2) is 0 Å². The summed E-state index contributed by atoms with van der Waals surface area (Å²) >= 11 is 8.52. The monoisotopic (exact) mass is 390 g/mol. The van der Waals surface area contributed by atoms with Crippen molar-refractivity contribution in [2.45, 2.75) is 0 Å². The summed E-state index contributed by atoms with van der Waals surface area (Å²) in [6.45, 7) is 0. The molecular weight excluding hydrogens is 383 g/mol. The van der Waals surface area contributed by atoms with Gasteiger partial charge in [-0.2, -0.15) is 5.26 Å². The van der Waals surface area contributed by atoms with E-state index in [4.69, 9.17) is 16.9 Å². The van der Waals surface area contributed by atoms with Gasteiger partial charge >= 0.3 is 0 Å². The van der Waals surface area contributed by atoms with Gasteiger partial charge in [-0.25, -0.2) is 0 Å². The molecule has 0 aliphatic heterocycles.